The molecule has 0 aliphatic rings. The summed E-state index contributed by atoms with van der Waals surface area (Å²) in [5.41, 5.74) is 1.19. The van der Waals surface area contributed by atoms with Gasteiger partial charge in [0, 0.05) is 17.6 Å². The normalized spacial score (nSPS) is 11.0. The van der Waals surface area contributed by atoms with Crippen molar-refractivity contribution in [1.82, 2.24) is 0 Å². The highest BCUT2D eigenvalue weighted by atomic mass is 35.5. The van der Waals surface area contributed by atoms with Crippen LogP contribution in [0.15, 0.2) is 48.5 Å². The van der Waals surface area contributed by atoms with Crippen molar-refractivity contribution in [3.63, 3.8) is 0 Å². The second kappa shape index (κ2) is 6.37. The zero-order valence-corrected chi connectivity index (χ0v) is 13.6. The van der Waals surface area contributed by atoms with Crippen LogP contribution in [0.1, 0.15) is 10.4 Å². The molecule has 0 spiro atoms. The van der Waals surface area contributed by atoms with Crippen LogP contribution in [-0.2, 0) is 10.0 Å². The first-order chi connectivity index (χ1) is 10.3. The average molecular weight is 339 g/mol. The van der Waals surface area contributed by atoms with E-state index < -0.39 is 10.0 Å². The molecule has 0 aromatic heterocycles. The van der Waals surface area contributed by atoms with E-state index >= 15 is 0 Å². The molecule has 7 heteroatoms. The number of hydrogen-bond donors (Lipinski definition) is 1. The number of carbonyl (C=O) groups is 1. The number of sulfonamides is 1. The monoisotopic (exact) mass is 338 g/mol. The second-order valence-electron chi connectivity index (χ2n) is 4.71. The number of nitrogens with one attached hydrogen (secondary N) is 1. The third-order valence-corrected chi connectivity index (χ3v) is 4.50. The second-order valence-corrected chi connectivity index (χ2v) is 7.16. The Morgan fingerprint density at radius 2 is 1.82 bits per heavy atom. The fourth-order valence-electron chi connectivity index (χ4n) is 1.86. The fraction of sp³-hybridized carbons (Fsp3) is 0.133. The van der Waals surface area contributed by atoms with Gasteiger partial charge < -0.3 is 5.32 Å². The van der Waals surface area contributed by atoms with Gasteiger partial charge in [0.2, 0.25) is 10.0 Å². The molecule has 22 heavy (non-hydrogen) atoms. The summed E-state index contributed by atoms with van der Waals surface area (Å²) >= 11 is 5.87. The highest BCUT2D eigenvalue weighted by molar-refractivity contribution is 7.92. The predicted octanol–water partition coefficient (Wildman–Crippen LogP) is 2.99. The van der Waals surface area contributed by atoms with Gasteiger partial charge in [0.05, 0.1) is 17.6 Å². The van der Waals surface area contributed by atoms with Crippen LogP contribution in [0.2, 0.25) is 5.02 Å². The van der Waals surface area contributed by atoms with Crippen molar-refractivity contribution in [3.8, 4) is 0 Å². The molecular weight excluding hydrogens is 324 g/mol. The van der Waals surface area contributed by atoms with Crippen LogP contribution < -0.4 is 9.62 Å². The van der Waals surface area contributed by atoms with Gasteiger partial charge in [0.25, 0.3) is 5.91 Å². The number of benzene rings is 2. The fourth-order valence-corrected chi connectivity index (χ4v) is 2.56. The molecule has 0 fully saturated rings. The molecule has 1 amide bonds. The lowest BCUT2D eigenvalue weighted by Gasteiger charge is -2.20. The molecule has 0 atom stereocenters. The third kappa shape index (κ3) is 3.78. The Kier molecular flexibility index (Phi) is 4.73. The number of amides is 1. The summed E-state index contributed by atoms with van der Waals surface area (Å²) in [6.07, 6.45) is 1.10. The van der Waals surface area contributed by atoms with E-state index in [1.807, 2.05) is 0 Å². The first-order valence-corrected chi connectivity index (χ1v) is 8.61. The molecule has 0 saturated carbocycles. The zero-order valence-electron chi connectivity index (χ0n) is 12.1. The van der Waals surface area contributed by atoms with E-state index in [1.54, 1.807) is 48.5 Å². The molecule has 0 unspecified atom stereocenters. The van der Waals surface area contributed by atoms with Crippen LogP contribution in [-0.4, -0.2) is 27.6 Å². The van der Waals surface area contributed by atoms with E-state index in [0.717, 1.165) is 10.6 Å². The molecule has 2 aromatic rings. The number of carbonyl (C=O) groups excluding carboxylic acids is 1. The molecule has 0 heterocycles. The maximum atomic E-state index is 12.3. The number of hydrogen-bond acceptors (Lipinski definition) is 3. The molecule has 0 saturated heterocycles. The number of nitrogens with zero attached hydrogens (tertiary/aromatic N) is 1. The van der Waals surface area contributed by atoms with E-state index in [0.29, 0.717) is 22.0 Å². The van der Waals surface area contributed by atoms with Gasteiger partial charge in [-0.05, 0) is 30.3 Å². The van der Waals surface area contributed by atoms with Crippen LogP contribution >= 0.6 is 11.6 Å². The van der Waals surface area contributed by atoms with Gasteiger partial charge in [-0.3, -0.25) is 9.10 Å². The Labute approximate surface area is 134 Å². The number of halogens is 1. The van der Waals surface area contributed by atoms with Gasteiger partial charge in [0.1, 0.15) is 0 Å². The Morgan fingerprint density at radius 1 is 1.14 bits per heavy atom. The first-order valence-electron chi connectivity index (χ1n) is 6.39. The minimum Gasteiger partial charge on any atom is -0.320 e. The number of para-hydroxylation sites is 2. The Hall–Kier alpha value is -2.05. The van der Waals surface area contributed by atoms with Crippen molar-refractivity contribution >= 4 is 38.9 Å². The Morgan fingerprint density at radius 3 is 2.45 bits per heavy atom. The smallest absolute Gasteiger partial charge is 0.255 e. The standard InChI is InChI=1S/C15H15ClN2O3S/c1-18(22(2,20)21)14-9-4-3-8-13(14)17-15(19)11-6-5-7-12(16)10-11/h3-10H,1-2H3,(H,17,19). The molecule has 5 nitrogen and oxygen atoms in total. The van der Waals surface area contributed by atoms with Crippen LogP contribution in [0.5, 0.6) is 0 Å². The average Bonchev–Trinajstić information content (AvgIpc) is 2.46. The molecule has 1 N–H and O–H groups in total. The van der Waals surface area contributed by atoms with Crippen LogP contribution in [0.3, 0.4) is 0 Å². The van der Waals surface area contributed by atoms with Crippen molar-refractivity contribution in [1.29, 1.82) is 0 Å². The molecule has 0 bridgehead atoms. The Balaban J connectivity index is 2.33. The molecule has 2 aromatic carbocycles. The van der Waals surface area contributed by atoms with E-state index in [2.05, 4.69) is 5.32 Å². The predicted molar refractivity (Wildman–Crippen MR) is 89.1 cm³/mol. The summed E-state index contributed by atoms with van der Waals surface area (Å²) in [5, 5.41) is 3.16. The van der Waals surface area contributed by atoms with Gasteiger partial charge in [-0.1, -0.05) is 29.8 Å². The maximum Gasteiger partial charge on any atom is 0.255 e. The summed E-state index contributed by atoms with van der Waals surface area (Å²) in [7, 11) is -1.99. The number of anilines is 2. The summed E-state index contributed by atoms with van der Waals surface area (Å²) in [6, 6.07) is 13.2. The molecule has 0 aliphatic heterocycles. The maximum absolute atomic E-state index is 12.3. The molecule has 0 aliphatic carbocycles. The quantitative estimate of drug-likeness (QED) is 0.932. The van der Waals surface area contributed by atoms with Crippen LogP contribution in [0.25, 0.3) is 0 Å². The highest BCUT2D eigenvalue weighted by Gasteiger charge is 2.17. The third-order valence-electron chi connectivity index (χ3n) is 3.08. The Bertz CT molecular complexity index is 806. The van der Waals surface area contributed by atoms with E-state index in [-0.39, 0.29) is 5.91 Å². The minimum absolute atomic E-state index is 0.364. The lowest BCUT2D eigenvalue weighted by molar-refractivity contribution is 0.102. The topological polar surface area (TPSA) is 66.5 Å². The molecular formula is C15H15ClN2O3S. The largest absolute Gasteiger partial charge is 0.320 e. The van der Waals surface area contributed by atoms with Crippen molar-refractivity contribution in [2.45, 2.75) is 0 Å². The van der Waals surface area contributed by atoms with Crippen molar-refractivity contribution < 1.29 is 13.2 Å². The van der Waals surface area contributed by atoms with E-state index in [9.17, 15) is 13.2 Å². The van der Waals surface area contributed by atoms with Crippen molar-refractivity contribution in [2.75, 3.05) is 22.9 Å². The van der Waals surface area contributed by atoms with Crippen molar-refractivity contribution in [2.24, 2.45) is 0 Å². The molecule has 2 rings (SSSR count). The van der Waals surface area contributed by atoms with E-state index in [1.165, 1.54) is 7.05 Å². The van der Waals surface area contributed by atoms with Gasteiger partial charge >= 0.3 is 0 Å². The first kappa shape index (κ1) is 16.3. The van der Waals surface area contributed by atoms with E-state index in [4.69, 9.17) is 11.6 Å². The van der Waals surface area contributed by atoms with Gasteiger partial charge in [-0.15, -0.1) is 0 Å². The minimum atomic E-state index is -3.42. The van der Waals surface area contributed by atoms with Crippen molar-refractivity contribution in [3.05, 3.63) is 59.1 Å². The lowest BCUT2D eigenvalue weighted by atomic mass is 10.2. The summed E-state index contributed by atoms with van der Waals surface area (Å²) < 4.78 is 24.5. The van der Waals surface area contributed by atoms with Gasteiger partial charge in [-0.25, -0.2) is 8.42 Å². The number of rotatable bonds is 4. The molecule has 116 valence electrons. The zero-order chi connectivity index (χ0) is 16.3. The molecule has 0 radical (unpaired) electrons. The van der Waals surface area contributed by atoms with Gasteiger partial charge in [-0.2, -0.15) is 0 Å². The SMILES string of the molecule is CN(c1ccccc1NC(=O)c1cccc(Cl)c1)S(C)(=O)=O. The van der Waals surface area contributed by atoms with Gasteiger partial charge in [0.15, 0.2) is 0 Å². The summed E-state index contributed by atoms with van der Waals surface area (Å²) in [4.78, 5) is 12.3. The van der Waals surface area contributed by atoms with Crippen LogP contribution in [0, 0.1) is 0 Å². The highest BCUT2D eigenvalue weighted by Crippen LogP contribution is 2.27. The lowest BCUT2D eigenvalue weighted by Crippen LogP contribution is -2.26. The summed E-state index contributed by atoms with van der Waals surface area (Å²) in [6.45, 7) is 0. The summed E-state index contributed by atoms with van der Waals surface area (Å²) in [5.74, 6) is -0.364. The van der Waals surface area contributed by atoms with Crippen LogP contribution in [0.4, 0.5) is 11.4 Å².